The molecule has 14 nitrogen and oxygen atoms in total. The molecule has 2 N–H and O–H groups in total. The number of aromatic nitrogens is 2. The maximum absolute atomic E-state index is 14.8. The van der Waals surface area contributed by atoms with Gasteiger partial charge in [-0.05, 0) is 48.9 Å². The van der Waals surface area contributed by atoms with Gasteiger partial charge in [-0.2, -0.15) is 0 Å². The van der Waals surface area contributed by atoms with Crippen molar-refractivity contribution in [2.75, 3.05) is 26.7 Å². The van der Waals surface area contributed by atoms with Crippen molar-refractivity contribution in [2.24, 2.45) is 17.3 Å². The summed E-state index contributed by atoms with van der Waals surface area (Å²) in [6.07, 6.45) is 2.19. The van der Waals surface area contributed by atoms with Gasteiger partial charge in [0.25, 0.3) is 11.8 Å². The van der Waals surface area contributed by atoms with Crippen LogP contribution in [0.1, 0.15) is 59.3 Å². The van der Waals surface area contributed by atoms with E-state index < -0.39 is 92.7 Å². The molecule has 2 saturated heterocycles. The zero-order valence-corrected chi connectivity index (χ0v) is 34.7. The number of amides is 4. The van der Waals surface area contributed by atoms with E-state index in [0.29, 0.717) is 46.6 Å². The summed E-state index contributed by atoms with van der Waals surface area (Å²) >= 11 is 6.76. The lowest BCUT2D eigenvalue weighted by atomic mass is 9.77. The molecule has 0 spiro atoms. The normalized spacial score (nSPS) is 24.4. The largest absolute Gasteiger partial charge is 0.495 e. The van der Waals surface area contributed by atoms with Crippen LogP contribution in [0.25, 0.3) is 22.3 Å². The number of likely N-dealkylation sites (tertiary alicyclic amines) is 2. The predicted octanol–water partition coefficient (Wildman–Crippen LogP) is 4.90. The molecule has 0 radical (unpaired) electrons. The lowest BCUT2D eigenvalue weighted by molar-refractivity contribution is -0.148. The van der Waals surface area contributed by atoms with E-state index in [1.807, 2.05) is 0 Å². The first kappa shape index (κ1) is 42.2. The number of sulfonamides is 1. The van der Waals surface area contributed by atoms with E-state index in [4.69, 9.17) is 26.1 Å². The van der Waals surface area contributed by atoms with Gasteiger partial charge in [0, 0.05) is 49.4 Å². The molecule has 5 atom stereocenters. The average Bonchev–Trinajstić information content (AvgIpc) is 4.09. The minimum Gasteiger partial charge on any atom is -0.495 e. The molecule has 4 heterocycles. The van der Waals surface area contributed by atoms with Gasteiger partial charge < -0.3 is 24.6 Å². The van der Waals surface area contributed by atoms with Gasteiger partial charge in [-0.15, -0.1) is 6.58 Å². The molecule has 0 bridgehead atoms. The Morgan fingerprint density at radius 1 is 1.12 bits per heavy atom. The Labute approximate surface area is 346 Å². The highest BCUT2D eigenvalue weighted by Crippen LogP contribution is 2.46. The second kappa shape index (κ2) is 15.6. The van der Waals surface area contributed by atoms with Crippen LogP contribution in [0.5, 0.6) is 11.5 Å². The first-order valence-electron chi connectivity index (χ1n) is 19.5. The van der Waals surface area contributed by atoms with Crippen molar-refractivity contribution in [1.82, 2.24) is 29.8 Å². The van der Waals surface area contributed by atoms with Gasteiger partial charge in [0.05, 0.1) is 48.3 Å². The van der Waals surface area contributed by atoms with Crippen molar-refractivity contribution in [2.45, 2.75) is 88.2 Å². The maximum atomic E-state index is 14.8. The molecule has 3 aromatic rings. The van der Waals surface area contributed by atoms with Gasteiger partial charge in [0.15, 0.2) is 0 Å². The summed E-state index contributed by atoms with van der Waals surface area (Å²) in [5.41, 5.74) is -1.22. The van der Waals surface area contributed by atoms with Crippen LogP contribution in [0.2, 0.25) is 5.02 Å². The third-order valence-corrected chi connectivity index (χ3v) is 13.8. The number of nitrogens with zero attached hydrogens (tertiary/aromatic N) is 4. The minimum absolute atomic E-state index is 0.0792. The summed E-state index contributed by atoms with van der Waals surface area (Å²) < 4.78 is 68.1. The molecule has 2 saturated carbocycles. The Balaban J connectivity index is 1.23. The standard InChI is InChI=1S/C41H47ClF2N6O8S/c1-6-23-20-41(23,38(54)48-59(55,56)25-10-11-25)47-36(52)30-17-24(21-50(30)37(53)27(39(2,3)4)18-33(51)49-16-14-40(43,44)22-49)58-32-19-29(28-9-7-8-15-45-28)46-35-26(32)12-13-31(57-5)34(35)42/h6-9,12-13,15,19,23-25,27,30H,1,10-11,14,16-18,20-22H2,2-5H3,(H,47,52)(H,48,54)/t23-,24-,27-,30+,41-/m1/s1. The molecule has 0 unspecified atom stereocenters. The SMILES string of the molecule is C=C[C@@H]1C[C@]1(NC(=O)[C@@H]1C[C@@H](Oc2cc(-c3ccccn3)nc3c(Cl)c(OC)ccc23)CN1C(=O)[C@@H](CC(=O)N1CCC(F)(F)C1)C(C)(C)C)C(=O)NS(=O)(=O)C1CC1. The summed E-state index contributed by atoms with van der Waals surface area (Å²) in [7, 11) is -2.49. The van der Waals surface area contributed by atoms with Crippen LogP contribution in [-0.2, 0) is 29.2 Å². The monoisotopic (exact) mass is 856 g/mol. The van der Waals surface area contributed by atoms with E-state index in [2.05, 4.69) is 21.6 Å². The molecule has 2 aliphatic heterocycles. The Bertz CT molecular complexity index is 2310. The first-order chi connectivity index (χ1) is 27.8. The molecule has 18 heteroatoms. The first-order valence-corrected chi connectivity index (χ1v) is 21.4. The lowest BCUT2D eigenvalue weighted by Crippen LogP contribution is -2.57. The Kier molecular flexibility index (Phi) is 11.2. The fourth-order valence-electron chi connectivity index (χ4n) is 7.90. The molecule has 2 aliphatic carbocycles. The number of alkyl halides is 2. The fraction of sp³-hybridized carbons (Fsp3) is 0.512. The van der Waals surface area contributed by atoms with E-state index in [1.54, 1.807) is 63.4 Å². The van der Waals surface area contributed by atoms with Crippen molar-refractivity contribution in [3.05, 3.63) is 60.3 Å². The van der Waals surface area contributed by atoms with Crippen LogP contribution in [0, 0.1) is 17.3 Å². The van der Waals surface area contributed by atoms with Gasteiger partial charge in [-0.25, -0.2) is 22.2 Å². The number of halogens is 3. The van der Waals surface area contributed by atoms with Crippen LogP contribution in [0.3, 0.4) is 0 Å². The van der Waals surface area contributed by atoms with Crippen molar-refractivity contribution in [3.8, 4) is 22.9 Å². The van der Waals surface area contributed by atoms with Crippen molar-refractivity contribution < 1.29 is 45.9 Å². The van der Waals surface area contributed by atoms with Crippen LogP contribution >= 0.6 is 11.6 Å². The zero-order chi connectivity index (χ0) is 42.7. The predicted molar refractivity (Wildman–Crippen MR) is 214 cm³/mol. The summed E-state index contributed by atoms with van der Waals surface area (Å²) in [6.45, 7) is 7.97. The number of ether oxygens (including phenoxy) is 2. The highest BCUT2D eigenvalue weighted by molar-refractivity contribution is 7.91. The van der Waals surface area contributed by atoms with Crippen LogP contribution < -0.4 is 19.5 Å². The Morgan fingerprint density at radius 3 is 2.46 bits per heavy atom. The smallest absolute Gasteiger partial charge is 0.267 e. The van der Waals surface area contributed by atoms with E-state index in [0.717, 1.165) is 4.90 Å². The summed E-state index contributed by atoms with van der Waals surface area (Å²) in [6, 6.07) is 9.10. The second-order valence-electron chi connectivity index (χ2n) is 16.9. The Hall–Kier alpha value is -4.90. The van der Waals surface area contributed by atoms with Crippen LogP contribution in [0.4, 0.5) is 8.78 Å². The van der Waals surface area contributed by atoms with Crippen molar-refractivity contribution in [1.29, 1.82) is 0 Å². The number of hydrogen-bond donors (Lipinski definition) is 2. The topological polar surface area (TPSA) is 177 Å². The van der Waals surface area contributed by atoms with E-state index in [9.17, 15) is 36.4 Å². The minimum atomic E-state index is -3.97. The summed E-state index contributed by atoms with van der Waals surface area (Å²) in [4.78, 5) is 67.9. The average molecular weight is 857 g/mol. The number of nitrogens with one attached hydrogen (secondary N) is 2. The van der Waals surface area contributed by atoms with E-state index >= 15 is 0 Å². The van der Waals surface area contributed by atoms with Gasteiger partial charge in [0.1, 0.15) is 34.2 Å². The maximum Gasteiger partial charge on any atom is 0.267 e. The summed E-state index contributed by atoms with van der Waals surface area (Å²) in [5.74, 6) is -6.84. The number of hydrogen-bond acceptors (Lipinski definition) is 10. The highest BCUT2D eigenvalue weighted by Gasteiger charge is 2.62. The molecule has 1 aromatic carbocycles. The number of carbonyl (C=O) groups excluding carboxylic acids is 4. The van der Waals surface area contributed by atoms with E-state index in [-0.39, 0.29) is 37.4 Å². The molecule has 4 amide bonds. The highest BCUT2D eigenvalue weighted by atomic mass is 35.5. The number of benzene rings is 1. The zero-order valence-electron chi connectivity index (χ0n) is 33.2. The third-order valence-electron chi connectivity index (χ3n) is 11.6. The lowest BCUT2D eigenvalue weighted by Gasteiger charge is -2.35. The van der Waals surface area contributed by atoms with Gasteiger partial charge in [-0.1, -0.05) is 44.5 Å². The third kappa shape index (κ3) is 8.58. The van der Waals surface area contributed by atoms with Crippen LogP contribution in [0.15, 0.2) is 55.3 Å². The van der Waals surface area contributed by atoms with Crippen molar-refractivity contribution in [3.63, 3.8) is 0 Å². The molecule has 316 valence electrons. The summed E-state index contributed by atoms with van der Waals surface area (Å²) in [5, 5.41) is 2.80. The molecular weight excluding hydrogens is 810 g/mol. The number of rotatable bonds is 13. The molecule has 4 fully saturated rings. The quantitative estimate of drug-likeness (QED) is 0.225. The Morgan fingerprint density at radius 2 is 1.86 bits per heavy atom. The molecule has 4 aliphatic rings. The van der Waals surface area contributed by atoms with Gasteiger partial charge in [-0.3, -0.25) is 28.9 Å². The van der Waals surface area contributed by atoms with Crippen molar-refractivity contribution >= 4 is 56.2 Å². The molecule has 59 heavy (non-hydrogen) atoms. The molecular formula is C41H47ClF2N6O8S. The van der Waals surface area contributed by atoms with Crippen LogP contribution in [-0.4, -0.2) is 107 Å². The van der Waals surface area contributed by atoms with Gasteiger partial charge >= 0.3 is 0 Å². The second-order valence-corrected chi connectivity index (χ2v) is 19.2. The number of pyridine rings is 2. The van der Waals surface area contributed by atoms with E-state index in [1.165, 1.54) is 18.1 Å². The molecule has 2 aromatic heterocycles. The number of fused-ring (bicyclic) bond motifs is 1. The number of carbonyl (C=O) groups is 4. The number of methoxy groups -OCH3 is 1. The van der Waals surface area contributed by atoms with Gasteiger partial charge in [0.2, 0.25) is 27.7 Å². The molecule has 7 rings (SSSR count). The fourth-order valence-corrected chi connectivity index (χ4v) is 9.55.